The van der Waals surface area contributed by atoms with Crippen LogP contribution in [-0.4, -0.2) is 105 Å². The molecule has 2 fully saturated rings. The highest BCUT2D eigenvalue weighted by atomic mass is 35.5. The Kier molecular flexibility index (Phi) is 11.0. The minimum absolute atomic E-state index is 0.187. The number of nitrogens with zero attached hydrogens (tertiary/aromatic N) is 6. The van der Waals surface area contributed by atoms with Crippen molar-refractivity contribution in [1.29, 1.82) is 0 Å². The number of carbonyl (C=O) groups is 1. The first-order valence-electron chi connectivity index (χ1n) is 16.0. The Morgan fingerprint density at radius 2 is 1.75 bits per heavy atom. The Hall–Kier alpha value is -3.72. The van der Waals surface area contributed by atoms with E-state index in [-0.39, 0.29) is 28.6 Å². The second-order valence-electron chi connectivity index (χ2n) is 13.2. The van der Waals surface area contributed by atoms with Crippen molar-refractivity contribution in [3.05, 3.63) is 59.5 Å². The van der Waals surface area contributed by atoms with Gasteiger partial charge in [0.2, 0.25) is 16.0 Å². The van der Waals surface area contributed by atoms with Crippen LogP contribution in [0.3, 0.4) is 0 Å². The molecular weight excluding hydrogens is 659 g/mol. The number of halogens is 2. The van der Waals surface area contributed by atoms with Gasteiger partial charge in [-0.15, -0.1) is 0 Å². The Balaban J connectivity index is 1.15. The average Bonchev–Trinajstić information content (AvgIpc) is 3.02. The SMILES string of the molecule is CN(c1ccccc1Nc1nc(Nc2ccc(N3CCC(N4CCN(CC(=O)OC(C)(C)C)CC4)CC3)c(F)c2)ncc1Cl)S(C)(=O)=O. The zero-order valence-electron chi connectivity index (χ0n) is 28.0. The molecule has 2 aliphatic heterocycles. The number of anilines is 6. The van der Waals surface area contributed by atoms with E-state index in [1.165, 1.54) is 19.3 Å². The van der Waals surface area contributed by atoms with E-state index < -0.39 is 15.6 Å². The molecule has 260 valence electrons. The highest BCUT2D eigenvalue weighted by Gasteiger charge is 2.29. The Morgan fingerprint density at radius 3 is 2.40 bits per heavy atom. The van der Waals surface area contributed by atoms with Crippen LogP contribution in [0.5, 0.6) is 0 Å². The Morgan fingerprint density at radius 1 is 1.06 bits per heavy atom. The molecule has 2 aromatic carbocycles. The van der Waals surface area contributed by atoms with Crippen molar-refractivity contribution in [3.8, 4) is 0 Å². The molecule has 3 heterocycles. The molecule has 0 spiro atoms. The topological polar surface area (TPSA) is 123 Å². The number of aromatic nitrogens is 2. The lowest BCUT2D eigenvalue weighted by molar-refractivity contribution is -0.156. The number of carbonyl (C=O) groups excluding carboxylic acids is 1. The predicted octanol–water partition coefficient (Wildman–Crippen LogP) is 5.08. The van der Waals surface area contributed by atoms with Gasteiger partial charge in [-0.05, 0) is 63.9 Å². The number of piperidine rings is 1. The van der Waals surface area contributed by atoms with Gasteiger partial charge >= 0.3 is 5.97 Å². The van der Waals surface area contributed by atoms with Crippen LogP contribution < -0.4 is 19.8 Å². The molecule has 12 nitrogen and oxygen atoms in total. The van der Waals surface area contributed by atoms with E-state index in [4.69, 9.17) is 16.3 Å². The maximum Gasteiger partial charge on any atom is 0.320 e. The van der Waals surface area contributed by atoms with Crippen molar-refractivity contribution in [3.63, 3.8) is 0 Å². The third-order valence-electron chi connectivity index (χ3n) is 8.44. The van der Waals surface area contributed by atoms with Crippen molar-refractivity contribution >= 4 is 62.1 Å². The quantitative estimate of drug-likeness (QED) is 0.275. The molecule has 2 aliphatic rings. The first kappa shape index (κ1) is 35.6. The van der Waals surface area contributed by atoms with Gasteiger partial charge in [-0.2, -0.15) is 4.98 Å². The fraction of sp³-hybridized carbons (Fsp3) is 0.485. The monoisotopic (exact) mass is 702 g/mol. The van der Waals surface area contributed by atoms with Gasteiger partial charge in [-0.3, -0.25) is 18.9 Å². The van der Waals surface area contributed by atoms with Gasteiger partial charge in [-0.25, -0.2) is 17.8 Å². The molecule has 0 unspecified atom stereocenters. The van der Waals surface area contributed by atoms with E-state index in [2.05, 4.69) is 35.3 Å². The first-order chi connectivity index (χ1) is 22.7. The summed E-state index contributed by atoms with van der Waals surface area (Å²) in [6, 6.07) is 12.3. The highest BCUT2D eigenvalue weighted by molar-refractivity contribution is 7.92. The van der Waals surface area contributed by atoms with Crippen LogP contribution in [0.1, 0.15) is 33.6 Å². The smallest absolute Gasteiger partial charge is 0.320 e. The highest BCUT2D eigenvalue weighted by Crippen LogP contribution is 2.33. The van der Waals surface area contributed by atoms with Crippen LogP contribution in [0.4, 0.5) is 38.9 Å². The van der Waals surface area contributed by atoms with E-state index in [0.717, 1.165) is 62.7 Å². The second-order valence-corrected chi connectivity index (χ2v) is 15.6. The van der Waals surface area contributed by atoms with Gasteiger partial charge in [0.15, 0.2) is 5.82 Å². The maximum atomic E-state index is 15.4. The molecule has 48 heavy (non-hydrogen) atoms. The molecule has 2 saturated heterocycles. The molecule has 15 heteroatoms. The molecule has 0 amide bonds. The van der Waals surface area contributed by atoms with E-state index >= 15 is 4.39 Å². The van der Waals surface area contributed by atoms with Crippen LogP contribution in [0, 0.1) is 5.82 Å². The van der Waals surface area contributed by atoms with Crippen LogP contribution >= 0.6 is 11.6 Å². The summed E-state index contributed by atoms with van der Waals surface area (Å²) < 4.78 is 46.3. The summed E-state index contributed by atoms with van der Waals surface area (Å²) in [6.07, 6.45) is 4.40. The summed E-state index contributed by atoms with van der Waals surface area (Å²) in [5.74, 6) is -0.0875. The van der Waals surface area contributed by atoms with Gasteiger partial charge in [0.05, 0.1) is 36.1 Å². The van der Waals surface area contributed by atoms with Crippen LogP contribution in [0.15, 0.2) is 48.7 Å². The predicted molar refractivity (Wildman–Crippen MR) is 189 cm³/mol. The number of rotatable bonds is 10. The molecule has 0 atom stereocenters. The normalized spacial score (nSPS) is 16.9. The molecule has 0 aliphatic carbocycles. The zero-order chi connectivity index (χ0) is 34.6. The first-order valence-corrected chi connectivity index (χ1v) is 18.2. The van der Waals surface area contributed by atoms with Gasteiger partial charge < -0.3 is 20.3 Å². The lowest BCUT2D eigenvalue weighted by Crippen LogP contribution is -2.54. The Labute approximate surface area is 287 Å². The van der Waals surface area contributed by atoms with Crippen molar-refractivity contribution < 1.29 is 22.3 Å². The van der Waals surface area contributed by atoms with E-state index in [1.807, 2.05) is 20.8 Å². The maximum absolute atomic E-state index is 15.4. The summed E-state index contributed by atoms with van der Waals surface area (Å²) in [6.45, 7) is 10.9. The number of hydrogen-bond donors (Lipinski definition) is 2. The molecule has 5 rings (SSSR count). The van der Waals surface area contributed by atoms with Gasteiger partial charge in [0.25, 0.3) is 0 Å². The molecule has 0 radical (unpaired) electrons. The largest absolute Gasteiger partial charge is 0.459 e. The third kappa shape index (κ3) is 9.24. The lowest BCUT2D eigenvalue weighted by atomic mass is 10.0. The molecular formula is C33H44ClFN8O4S. The van der Waals surface area contributed by atoms with E-state index in [1.54, 1.807) is 36.4 Å². The number of hydrogen-bond acceptors (Lipinski definition) is 11. The lowest BCUT2D eigenvalue weighted by Gasteiger charge is -2.43. The fourth-order valence-corrected chi connectivity index (χ4v) is 6.62. The fourth-order valence-electron chi connectivity index (χ4n) is 5.96. The third-order valence-corrected chi connectivity index (χ3v) is 9.91. The number of nitrogens with one attached hydrogen (secondary N) is 2. The van der Waals surface area contributed by atoms with Gasteiger partial charge in [0.1, 0.15) is 16.4 Å². The standard InChI is InChI=1S/C33H44ClFN8O4S/c1-33(2,3)47-30(44)22-41-16-18-42(19-17-41)24-12-14-43(15-13-24)28-11-10-23(20-26(28)35)37-32-36-21-25(34)31(39-32)38-27-8-6-7-9-29(27)40(4)48(5,45)46/h6-11,20-21,24H,12-19,22H2,1-5H3,(H2,36,37,38,39). The number of sulfonamides is 1. The second kappa shape index (κ2) is 14.8. The van der Waals surface area contributed by atoms with Crippen molar-refractivity contribution in [2.24, 2.45) is 0 Å². The van der Waals surface area contributed by atoms with Crippen LogP contribution in [0.25, 0.3) is 0 Å². The van der Waals surface area contributed by atoms with E-state index in [0.29, 0.717) is 35.3 Å². The number of benzene rings is 2. The summed E-state index contributed by atoms with van der Waals surface area (Å²) in [4.78, 5) is 27.6. The van der Waals surface area contributed by atoms with Crippen LogP contribution in [0.2, 0.25) is 5.02 Å². The van der Waals surface area contributed by atoms with Gasteiger partial charge in [-0.1, -0.05) is 23.7 Å². The number of para-hydroxylation sites is 2. The summed E-state index contributed by atoms with van der Waals surface area (Å²) in [5, 5.41) is 6.36. The number of piperazine rings is 1. The Bertz CT molecular complexity index is 1710. The number of ether oxygens (including phenoxy) is 1. The number of esters is 1. The minimum Gasteiger partial charge on any atom is -0.459 e. The molecule has 0 bridgehead atoms. The average molecular weight is 703 g/mol. The van der Waals surface area contributed by atoms with Gasteiger partial charge in [0, 0.05) is 58.0 Å². The molecule has 0 saturated carbocycles. The zero-order valence-corrected chi connectivity index (χ0v) is 29.6. The molecule has 2 N–H and O–H groups in total. The van der Waals surface area contributed by atoms with Crippen LogP contribution in [-0.2, 0) is 19.6 Å². The summed E-state index contributed by atoms with van der Waals surface area (Å²) >= 11 is 6.37. The summed E-state index contributed by atoms with van der Waals surface area (Å²) in [7, 11) is -2.04. The van der Waals surface area contributed by atoms with Crippen molar-refractivity contribution in [2.45, 2.75) is 45.3 Å². The van der Waals surface area contributed by atoms with E-state index in [9.17, 15) is 13.2 Å². The molecule has 1 aromatic heterocycles. The van der Waals surface area contributed by atoms with Crippen molar-refractivity contribution in [2.75, 3.05) is 79.0 Å². The molecule has 3 aromatic rings. The van der Waals surface area contributed by atoms with Crippen molar-refractivity contribution in [1.82, 2.24) is 19.8 Å². The minimum atomic E-state index is -3.50. The summed E-state index contributed by atoms with van der Waals surface area (Å²) in [5.41, 5.74) is 1.45.